The molecule has 96 valence electrons. The molecule has 1 amide bonds. The molecule has 1 rings (SSSR count). The van der Waals surface area contributed by atoms with Gasteiger partial charge in [0.15, 0.2) is 5.78 Å². The van der Waals surface area contributed by atoms with E-state index >= 15 is 0 Å². The predicted octanol–water partition coefficient (Wildman–Crippen LogP) is 1.44. The lowest BCUT2D eigenvalue weighted by Gasteiger charge is -2.10. The first-order valence-electron chi connectivity index (χ1n) is 5.08. The number of hydrogen-bond donors (Lipinski definition) is 1. The minimum absolute atomic E-state index is 0.303. The lowest BCUT2D eigenvalue weighted by atomic mass is 10.1. The maximum absolute atomic E-state index is 13.0. The molecule has 0 aliphatic carbocycles. The van der Waals surface area contributed by atoms with Gasteiger partial charge in [0.25, 0.3) is 11.6 Å². The van der Waals surface area contributed by atoms with Gasteiger partial charge in [0, 0.05) is 6.07 Å². The average Bonchev–Trinajstić information content (AvgIpc) is 2.28. The second-order valence-electron chi connectivity index (χ2n) is 3.72. The molecule has 0 heterocycles. The van der Waals surface area contributed by atoms with Gasteiger partial charge in [-0.05, 0) is 26.0 Å². The van der Waals surface area contributed by atoms with E-state index in [0.717, 1.165) is 18.2 Å². The number of benzene rings is 1. The SMILES string of the molecule is CC(=O)C(C)NC(=O)c1cc(F)ccc1[N+](=O)[O-]. The Balaban J connectivity index is 3.08. The lowest BCUT2D eigenvalue weighted by molar-refractivity contribution is -0.385. The van der Waals surface area contributed by atoms with E-state index in [-0.39, 0.29) is 5.78 Å². The molecule has 0 aliphatic heterocycles. The molecule has 0 saturated heterocycles. The van der Waals surface area contributed by atoms with Crippen LogP contribution in [0.25, 0.3) is 0 Å². The lowest BCUT2D eigenvalue weighted by Crippen LogP contribution is -2.37. The highest BCUT2D eigenvalue weighted by molar-refractivity contribution is 6.00. The van der Waals surface area contributed by atoms with Gasteiger partial charge in [-0.2, -0.15) is 0 Å². The van der Waals surface area contributed by atoms with Crippen molar-refractivity contribution in [2.75, 3.05) is 0 Å². The number of ketones is 1. The third-order valence-electron chi connectivity index (χ3n) is 2.36. The van der Waals surface area contributed by atoms with E-state index in [4.69, 9.17) is 0 Å². The molecule has 0 radical (unpaired) electrons. The Morgan fingerprint density at radius 2 is 2.06 bits per heavy atom. The number of carbonyl (C=O) groups excluding carboxylic acids is 2. The Hall–Kier alpha value is -2.31. The molecule has 0 fully saturated rings. The number of amides is 1. The summed E-state index contributed by atoms with van der Waals surface area (Å²) in [5, 5.41) is 13.0. The fourth-order valence-corrected chi connectivity index (χ4v) is 1.23. The molecule has 0 aliphatic rings. The summed E-state index contributed by atoms with van der Waals surface area (Å²) in [7, 11) is 0. The minimum atomic E-state index is -0.857. The Morgan fingerprint density at radius 1 is 1.44 bits per heavy atom. The van der Waals surface area contributed by atoms with Crippen molar-refractivity contribution < 1.29 is 18.9 Å². The number of nitrogens with one attached hydrogen (secondary N) is 1. The van der Waals surface area contributed by atoms with Crippen LogP contribution < -0.4 is 5.32 Å². The highest BCUT2D eigenvalue weighted by Gasteiger charge is 2.22. The maximum Gasteiger partial charge on any atom is 0.282 e. The maximum atomic E-state index is 13.0. The van der Waals surface area contributed by atoms with Crippen molar-refractivity contribution in [2.24, 2.45) is 0 Å². The van der Waals surface area contributed by atoms with Crippen molar-refractivity contribution in [3.8, 4) is 0 Å². The summed E-state index contributed by atoms with van der Waals surface area (Å²) < 4.78 is 13.0. The molecule has 0 aromatic heterocycles. The molecule has 7 heteroatoms. The third-order valence-corrected chi connectivity index (χ3v) is 2.36. The van der Waals surface area contributed by atoms with E-state index in [1.54, 1.807) is 0 Å². The number of Topliss-reactive ketones (excluding diaryl/α,β-unsaturated/α-hetero) is 1. The number of rotatable bonds is 4. The zero-order chi connectivity index (χ0) is 13.9. The summed E-state index contributed by atoms with van der Waals surface area (Å²) in [5.41, 5.74) is -0.919. The molecular formula is C11H11FN2O4. The van der Waals surface area contributed by atoms with Crippen LogP contribution in [0.2, 0.25) is 0 Å². The van der Waals surface area contributed by atoms with Crippen LogP contribution in [0.5, 0.6) is 0 Å². The molecule has 0 saturated carbocycles. The molecule has 1 unspecified atom stereocenters. The van der Waals surface area contributed by atoms with Crippen molar-refractivity contribution in [2.45, 2.75) is 19.9 Å². The Bertz CT molecular complexity index is 516. The monoisotopic (exact) mass is 254 g/mol. The zero-order valence-electron chi connectivity index (χ0n) is 9.77. The number of nitro benzene ring substituents is 1. The van der Waals surface area contributed by atoms with Crippen LogP contribution in [-0.4, -0.2) is 22.7 Å². The fourth-order valence-electron chi connectivity index (χ4n) is 1.23. The predicted molar refractivity (Wildman–Crippen MR) is 60.7 cm³/mol. The Morgan fingerprint density at radius 3 is 2.56 bits per heavy atom. The molecule has 1 aromatic rings. The van der Waals surface area contributed by atoms with Crippen LogP contribution in [0.4, 0.5) is 10.1 Å². The summed E-state index contributed by atoms with van der Waals surface area (Å²) in [6.07, 6.45) is 0. The van der Waals surface area contributed by atoms with Gasteiger partial charge in [-0.15, -0.1) is 0 Å². The van der Waals surface area contributed by atoms with Gasteiger partial charge in [-0.25, -0.2) is 4.39 Å². The molecule has 1 atom stereocenters. The van der Waals surface area contributed by atoms with Crippen LogP contribution >= 0.6 is 0 Å². The van der Waals surface area contributed by atoms with Gasteiger partial charge in [0.1, 0.15) is 11.4 Å². The molecule has 0 spiro atoms. The van der Waals surface area contributed by atoms with E-state index in [1.165, 1.54) is 13.8 Å². The summed E-state index contributed by atoms with van der Waals surface area (Å²) in [6.45, 7) is 2.70. The van der Waals surface area contributed by atoms with Crippen LogP contribution in [-0.2, 0) is 4.79 Å². The molecule has 1 N–H and O–H groups in total. The van der Waals surface area contributed by atoms with Crippen LogP contribution in [0.3, 0.4) is 0 Å². The Labute approximate surface area is 102 Å². The van der Waals surface area contributed by atoms with Gasteiger partial charge in [0.05, 0.1) is 11.0 Å². The number of halogens is 1. The van der Waals surface area contributed by atoms with Crippen LogP contribution in [0.1, 0.15) is 24.2 Å². The van der Waals surface area contributed by atoms with E-state index < -0.39 is 33.9 Å². The smallest absolute Gasteiger partial charge is 0.282 e. The molecule has 0 bridgehead atoms. The van der Waals surface area contributed by atoms with Crippen molar-refractivity contribution in [1.82, 2.24) is 5.32 Å². The van der Waals surface area contributed by atoms with E-state index in [1.807, 2.05) is 0 Å². The highest BCUT2D eigenvalue weighted by atomic mass is 19.1. The Kier molecular flexibility index (Phi) is 4.09. The van der Waals surface area contributed by atoms with E-state index in [2.05, 4.69) is 5.32 Å². The highest BCUT2D eigenvalue weighted by Crippen LogP contribution is 2.19. The van der Waals surface area contributed by atoms with Crippen molar-refractivity contribution in [1.29, 1.82) is 0 Å². The topological polar surface area (TPSA) is 89.3 Å². The van der Waals surface area contributed by atoms with Gasteiger partial charge in [-0.3, -0.25) is 19.7 Å². The number of hydrogen-bond acceptors (Lipinski definition) is 4. The van der Waals surface area contributed by atoms with Gasteiger partial charge in [-0.1, -0.05) is 0 Å². The number of nitrogens with zero attached hydrogens (tertiary/aromatic N) is 1. The summed E-state index contributed by atoms with van der Waals surface area (Å²) in [6, 6.07) is 1.77. The van der Waals surface area contributed by atoms with Gasteiger partial charge >= 0.3 is 0 Å². The molecule has 18 heavy (non-hydrogen) atoms. The average molecular weight is 254 g/mol. The quantitative estimate of drug-likeness (QED) is 0.650. The van der Waals surface area contributed by atoms with E-state index in [9.17, 15) is 24.1 Å². The van der Waals surface area contributed by atoms with E-state index in [0.29, 0.717) is 0 Å². The summed E-state index contributed by atoms with van der Waals surface area (Å²) in [4.78, 5) is 32.6. The van der Waals surface area contributed by atoms with Gasteiger partial charge < -0.3 is 5.32 Å². The number of nitro groups is 1. The third kappa shape index (κ3) is 3.09. The molecular weight excluding hydrogens is 243 g/mol. The normalized spacial score (nSPS) is 11.7. The first-order chi connectivity index (χ1) is 8.32. The largest absolute Gasteiger partial charge is 0.342 e. The summed E-state index contributed by atoms with van der Waals surface area (Å²) in [5.74, 6) is -1.92. The second kappa shape index (κ2) is 5.35. The molecule has 1 aromatic carbocycles. The molecule has 6 nitrogen and oxygen atoms in total. The second-order valence-corrected chi connectivity index (χ2v) is 3.72. The van der Waals surface area contributed by atoms with Crippen LogP contribution in [0.15, 0.2) is 18.2 Å². The van der Waals surface area contributed by atoms with Crippen molar-refractivity contribution in [3.05, 3.63) is 39.7 Å². The first kappa shape index (κ1) is 13.8. The summed E-state index contributed by atoms with van der Waals surface area (Å²) >= 11 is 0. The van der Waals surface area contributed by atoms with Crippen molar-refractivity contribution in [3.63, 3.8) is 0 Å². The minimum Gasteiger partial charge on any atom is -0.342 e. The van der Waals surface area contributed by atoms with Crippen LogP contribution in [0, 0.1) is 15.9 Å². The first-order valence-corrected chi connectivity index (χ1v) is 5.08. The number of carbonyl (C=O) groups is 2. The zero-order valence-corrected chi connectivity index (χ0v) is 9.77. The van der Waals surface area contributed by atoms with Gasteiger partial charge in [0.2, 0.25) is 0 Å². The fraction of sp³-hybridized carbons (Fsp3) is 0.273. The van der Waals surface area contributed by atoms with Crippen molar-refractivity contribution >= 4 is 17.4 Å². The standard InChI is InChI=1S/C11H11FN2O4/c1-6(7(2)15)13-11(16)9-5-8(12)3-4-10(9)14(17)18/h3-6H,1-2H3,(H,13,16).